The highest BCUT2D eigenvalue weighted by Gasteiger charge is 2.14. The Morgan fingerprint density at radius 3 is 2.92 bits per heavy atom. The highest BCUT2D eigenvalue weighted by atomic mass is 79.9. The molecule has 0 amide bonds. The molecular formula is C9H7BrFNO. The van der Waals surface area contributed by atoms with Gasteiger partial charge in [-0.3, -0.25) is 0 Å². The fraction of sp³-hybridized carbons (Fsp3) is 0.222. The third kappa shape index (κ3) is 1.72. The van der Waals surface area contributed by atoms with Crippen LogP contribution in [0.5, 0.6) is 0 Å². The second-order valence-electron chi connectivity index (χ2n) is 2.66. The zero-order valence-electron chi connectivity index (χ0n) is 6.76. The monoisotopic (exact) mass is 243 g/mol. The predicted molar refractivity (Wildman–Crippen MR) is 51.5 cm³/mol. The van der Waals surface area contributed by atoms with Gasteiger partial charge in [-0.1, -0.05) is 15.9 Å². The molecule has 0 radical (unpaired) electrons. The predicted octanol–water partition coefficient (Wildman–Crippen LogP) is 2.37. The maximum absolute atomic E-state index is 13.3. The molecule has 13 heavy (non-hydrogen) atoms. The summed E-state index contributed by atoms with van der Waals surface area (Å²) in [5.74, 6) is 0.0972. The van der Waals surface area contributed by atoms with Gasteiger partial charge in [-0.2, -0.15) is 0 Å². The summed E-state index contributed by atoms with van der Waals surface area (Å²) in [4.78, 5) is 4.04. The molecular weight excluding hydrogens is 237 g/mol. The van der Waals surface area contributed by atoms with Crippen molar-refractivity contribution in [3.05, 3.63) is 34.1 Å². The summed E-state index contributed by atoms with van der Waals surface area (Å²) < 4.78 is 19.2. The second-order valence-corrected chi connectivity index (χ2v) is 3.58. The molecule has 0 bridgehead atoms. The third-order valence-corrected chi connectivity index (χ3v) is 2.24. The minimum atomic E-state index is -0.310. The first-order valence-corrected chi connectivity index (χ1v) is 4.69. The largest absolute Gasteiger partial charge is 0.475 e. The van der Waals surface area contributed by atoms with Gasteiger partial charge in [0, 0.05) is 4.47 Å². The Morgan fingerprint density at radius 1 is 1.46 bits per heavy atom. The zero-order chi connectivity index (χ0) is 9.26. The Hall–Kier alpha value is -0.900. The highest BCUT2D eigenvalue weighted by Crippen LogP contribution is 2.17. The topological polar surface area (TPSA) is 21.6 Å². The van der Waals surface area contributed by atoms with E-state index in [1.807, 2.05) is 0 Å². The average Bonchev–Trinajstić information content (AvgIpc) is 2.56. The van der Waals surface area contributed by atoms with Crippen LogP contribution in [0.1, 0.15) is 5.56 Å². The van der Waals surface area contributed by atoms with E-state index in [-0.39, 0.29) is 5.82 Å². The van der Waals surface area contributed by atoms with Gasteiger partial charge in [-0.05, 0) is 18.2 Å². The Bertz CT molecular complexity index is 365. The van der Waals surface area contributed by atoms with Gasteiger partial charge in [0.05, 0.1) is 12.1 Å². The molecule has 1 aliphatic rings. The molecule has 1 aromatic carbocycles. The minimum absolute atomic E-state index is 0.310. The molecule has 0 aliphatic carbocycles. The van der Waals surface area contributed by atoms with E-state index in [4.69, 9.17) is 4.74 Å². The first-order chi connectivity index (χ1) is 6.27. The van der Waals surface area contributed by atoms with Gasteiger partial charge in [-0.25, -0.2) is 9.38 Å². The molecule has 0 aromatic heterocycles. The molecule has 2 nitrogen and oxygen atoms in total. The Balaban J connectivity index is 2.40. The molecule has 0 unspecified atom stereocenters. The SMILES string of the molecule is Fc1cc(Br)ccc1C1=NCCO1. The Labute approximate surface area is 83.6 Å². The van der Waals surface area contributed by atoms with Gasteiger partial charge in [0.1, 0.15) is 12.4 Å². The van der Waals surface area contributed by atoms with E-state index in [2.05, 4.69) is 20.9 Å². The van der Waals surface area contributed by atoms with Gasteiger partial charge in [0.15, 0.2) is 0 Å². The molecule has 1 heterocycles. The van der Waals surface area contributed by atoms with Crippen molar-refractivity contribution in [1.29, 1.82) is 0 Å². The summed E-state index contributed by atoms with van der Waals surface area (Å²) in [7, 11) is 0. The number of hydrogen-bond acceptors (Lipinski definition) is 2. The quantitative estimate of drug-likeness (QED) is 0.743. The number of hydrogen-bond donors (Lipinski definition) is 0. The molecule has 0 saturated carbocycles. The smallest absolute Gasteiger partial charge is 0.219 e. The van der Waals surface area contributed by atoms with Crippen LogP contribution in [0.4, 0.5) is 4.39 Å². The third-order valence-electron chi connectivity index (χ3n) is 1.75. The van der Waals surface area contributed by atoms with Crippen LogP contribution < -0.4 is 0 Å². The molecule has 0 saturated heterocycles. The van der Waals surface area contributed by atoms with Gasteiger partial charge < -0.3 is 4.74 Å². The van der Waals surface area contributed by atoms with Crippen molar-refractivity contribution in [3.63, 3.8) is 0 Å². The van der Waals surface area contributed by atoms with Crippen LogP contribution in [0, 0.1) is 5.82 Å². The lowest BCUT2D eigenvalue weighted by Crippen LogP contribution is -2.03. The Morgan fingerprint density at radius 2 is 2.31 bits per heavy atom. The van der Waals surface area contributed by atoms with Crippen molar-refractivity contribution >= 4 is 21.8 Å². The first-order valence-electron chi connectivity index (χ1n) is 3.90. The lowest BCUT2D eigenvalue weighted by atomic mass is 10.2. The van der Waals surface area contributed by atoms with Crippen LogP contribution in [0.25, 0.3) is 0 Å². The number of rotatable bonds is 1. The van der Waals surface area contributed by atoms with Crippen molar-refractivity contribution in [2.24, 2.45) is 4.99 Å². The standard InChI is InChI=1S/C9H7BrFNO/c10-6-1-2-7(8(11)5-6)9-12-3-4-13-9/h1-2,5H,3-4H2. The van der Waals surface area contributed by atoms with Gasteiger partial charge in [0.2, 0.25) is 5.90 Å². The normalized spacial score (nSPS) is 15.4. The van der Waals surface area contributed by atoms with Crippen molar-refractivity contribution in [3.8, 4) is 0 Å². The fourth-order valence-electron chi connectivity index (χ4n) is 1.16. The van der Waals surface area contributed by atoms with E-state index >= 15 is 0 Å². The van der Waals surface area contributed by atoms with Crippen LogP contribution in [0.3, 0.4) is 0 Å². The Kier molecular flexibility index (Phi) is 2.31. The van der Waals surface area contributed by atoms with E-state index < -0.39 is 0 Å². The molecule has 0 N–H and O–H groups in total. The summed E-state index contributed by atoms with van der Waals surface area (Å²) in [5.41, 5.74) is 0.431. The van der Waals surface area contributed by atoms with E-state index in [0.717, 1.165) is 0 Å². The molecule has 1 aromatic rings. The van der Waals surface area contributed by atoms with Crippen molar-refractivity contribution in [2.75, 3.05) is 13.2 Å². The summed E-state index contributed by atoms with van der Waals surface area (Å²) >= 11 is 3.18. The second kappa shape index (κ2) is 3.46. The number of halogens is 2. The van der Waals surface area contributed by atoms with Crippen LogP contribution in [-0.2, 0) is 4.74 Å². The lowest BCUT2D eigenvalue weighted by molar-refractivity contribution is 0.347. The van der Waals surface area contributed by atoms with E-state index in [9.17, 15) is 4.39 Å². The zero-order valence-corrected chi connectivity index (χ0v) is 8.34. The van der Waals surface area contributed by atoms with Gasteiger partial charge in [-0.15, -0.1) is 0 Å². The fourth-order valence-corrected chi connectivity index (χ4v) is 1.49. The van der Waals surface area contributed by atoms with E-state index in [0.29, 0.717) is 29.1 Å². The first kappa shape index (κ1) is 8.69. The molecule has 68 valence electrons. The average molecular weight is 244 g/mol. The van der Waals surface area contributed by atoms with Crippen molar-refractivity contribution in [2.45, 2.75) is 0 Å². The summed E-state index contributed by atoms with van der Waals surface area (Å²) in [5, 5.41) is 0. The maximum atomic E-state index is 13.3. The number of nitrogens with zero attached hydrogens (tertiary/aromatic N) is 1. The summed E-state index contributed by atoms with van der Waals surface area (Å²) in [6.45, 7) is 1.16. The summed E-state index contributed by atoms with van der Waals surface area (Å²) in [6.07, 6.45) is 0. The maximum Gasteiger partial charge on any atom is 0.219 e. The van der Waals surface area contributed by atoms with Crippen molar-refractivity contribution < 1.29 is 9.13 Å². The molecule has 2 rings (SSSR count). The number of benzene rings is 1. The van der Waals surface area contributed by atoms with Gasteiger partial charge in [0.25, 0.3) is 0 Å². The van der Waals surface area contributed by atoms with Crippen molar-refractivity contribution in [1.82, 2.24) is 0 Å². The number of aliphatic imine (C=N–C) groups is 1. The van der Waals surface area contributed by atoms with E-state index in [1.54, 1.807) is 12.1 Å². The molecule has 4 heteroatoms. The number of ether oxygens (including phenoxy) is 1. The van der Waals surface area contributed by atoms with Crippen LogP contribution in [0.15, 0.2) is 27.7 Å². The summed E-state index contributed by atoms with van der Waals surface area (Å²) in [6, 6.07) is 4.83. The molecule has 0 spiro atoms. The molecule has 0 fully saturated rings. The van der Waals surface area contributed by atoms with Crippen LogP contribution in [0.2, 0.25) is 0 Å². The van der Waals surface area contributed by atoms with Gasteiger partial charge >= 0.3 is 0 Å². The lowest BCUT2D eigenvalue weighted by Gasteiger charge is -2.02. The molecule has 1 aliphatic heterocycles. The highest BCUT2D eigenvalue weighted by molar-refractivity contribution is 9.10. The van der Waals surface area contributed by atoms with Crippen LogP contribution >= 0.6 is 15.9 Å². The molecule has 0 atom stereocenters. The minimum Gasteiger partial charge on any atom is -0.475 e. The van der Waals surface area contributed by atoms with Crippen LogP contribution in [-0.4, -0.2) is 19.0 Å². The van der Waals surface area contributed by atoms with E-state index in [1.165, 1.54) is 6.07 Å².